The molecule has 2 aliphatic carbocycles. The van der Waals surface area contributed by atoms with Crippen molar-refractivity contribution < 1.29 is 32.5 Å². The Hall–Kier alpha value is -3.88. The van der Waals surface area contributed by atoms with Crippen molar-refractivity contribution in [2.75, 3.05) is 27.4 Å². The number of nitrogens with one attached hydrogen (secondary N) is 1. The molecule has 0 bridgehead atoms. The molecule has 5 rings (SSSR count). The van der Waals surface area contributed by atoms with Gasteiger partial charge in [-0.3, -0.25) is 4.79 Å². The molecule has 1 amide bonds. The van der Waals surface area contributed by atoms with E-state index in [9.17, 15) is 9.18 Å². The van der Waals surface area contributed by atoms with E-state index in [0.717, 1.165) is 22.3 Å². The number of methoxy groups -OCH3 is 2. The summed E-state index contributed by atoms with van der Waals surface area (Å²) in [5.41, 5.74) is 4.59. The van der Waals surface area contributed by atoms with E-state index in [4.69, 9.17) is 23.4 Å². The Kier molecular flexibility index (Phi) is 6.38. The van der Waals surface area contributed by atoms with E-state index in [1.54, 1.807) is 38.7 Å². The molecule has 2 heterocycles. The summed E-state index contributed by atoms with van der Waals surface area (Å²) in [4.78, 5) is 12.7. The van der Waals surface area contributed by atoms with E-state index in [-0.39, 0.29) is 18.3 Å². The quantitative estimate of drug-likeness (QED) is 0.593. The van der Waals surface area contributed by atoms with E-state index < -0.39 is 5.79 Å². The SMILES string of the molecule is COC1=CC(=CC2=C(C)C(=CC(=O)NCc3ccco3)c3cc(F)ccc32)C=C(OC)C12OCCO2. The summed E-state index contributed by atoms with van der Waals surface area (Å²) < 4.78 is 42.4. The summed E-state index contributed by atoms with van der Waals surface area (Å²) in [6, 6.07) is 8.11. The average Bonchev–Trinajstić information content (AvgIpc) is 3.62. The molecule has 1 aromatic carbocycles. The molecule has 36 heavy (non-hydrogen) atoms. The van der Waals surface area contributed by atoms with Crippen LogP contribution >= 0.6 is 0 Å². The highest BCUT2D eigenvalue weighted by Gasteiger charge is 2.49. The molecule has 0 saturated carbocycles. The van der Waals surface area contributed by atoms with Gasteiger partial charge in [-0.05, 0) is 82.8 Å². The molecule has 1 N–H and O–H groups in total. The van der Waals surface area contributed by atoms with Gasteiger partial charge in [-0.2, -0.15) is 0 Å². The Bertz CT molecular complexity index is 1310. The lowest BCUT2D eigenvalue weighted by molar-refractivity contribution is -0.150. The maximum absolute atomic E-state index is 14.2. The largest absolute Gasteiger partial charge is 0.495 e. The molecule has 1 saturated heterocycles. The Morgan fingerprint density at radius 1 is 1.11 bits per heavy atom. The Labute approximate surface area is 208 Å². The molecule has 0 atom stereocenters. The standard InChI is InChI=1S/C28H26FNO6/c1-17-22(11-18-12-25(32-2)28(26(13-18)33-3)35-9-10-36-28)21-7-6-19(29)14-24(21)23(17)15-27(31)30-16-20-5-4-8-34-20/h4-8,11-15H,9-10,16H2,1-3H3,(H,30,31). The van der Waals surface area contributed by atoms with E-state index >= 15 is 0 Å². The Balaban J connectivity index is 1.53. The molecule has 0 radical (unpaired) electrons. The fraction of sp³-hybridized carbons (Fsp3) is 0.250. The van der Waals surface area contributed by atoms with Crippen LogP contribution in [0.25, 0.3) is 11.1 Å². The minimum absolute atomic E-state index is 0.256. The van der Waals surface area contributed by atoms with Crippen LogP contribution in [-0.2, 0) is 30.3 Å². The van der Waals surface area contributed by atoms with Gasteiger partial charge in [0.1, 0.15) is 11.6 Å². The summed E-state index contributed by atoms with van der Waals surface area (Å²) in [7, 11) is 3.10. The smallest absolute Gasteiger partial charge is 0.288 e. The van der Waals surface area contributed by atoms with Crippen LogP contribution in [0.15, 0.2) is 88.0 Å². The molecule has 0 unspecified atom stereocenters. The second-order valence-corrected chi connectivity index (χ2v) is 8.47. The number of fused-ring (bicyclic) bond motifs is 1. The Morgan fingerprint density at radius 2 is 1.83 bits per heavy atom. The third-order valence-corrected chi connectivity index (χ3v) is 6.35. The monoisotopic (exact) mass is 491 g/mol. The van der Waals surface area contributed by atoms with Crippen LogP contribution in [0.4, 0.5) is 4.39 Å². The van der Waals surface area contributed by atoms with Crippen LogP contribution in [0.2, 0.25) is 0 Å². The number of hydrogen-bond donors (Lipinski definition) is 1. The molecule has 8 heteroatoms. The summed E-state index contributed by atoms with van der Waals surface area (Å²) >= 11 is 0. The van der Waals surface area contributed by atoms with E-state index in [1.807, 2.05) is 25.2 Å². The third kappa shape index (κ3) is 4.19. The predicted molar refractivity (Wildman–Crippen MR) is 130 cm³/mol. The van der Waals surface area contributed by atoms with Gasteiger partial charge in [0.2, 0.25) is 5.91 Å². The first-order valence-corrected chi connectivity index (χ1v) is 11.5. The van der Waals surface area contributed by atoms with Gasteiger partial charge in [-0.15, -0.1) is 0 Å². The molecule has 3 aliphatic rings. The number of halogens is 1. The van der Waals surface area contributed by atoms with Crippen molar-refractivity contribution in [3.8, 4) is 0 Å². The second kappa shape index (κ2) is 9.64. The van der Waals surface area contributed by atoms with Crippen molar-refractivity contribution in [3.63, 3.8) is 0 Å². The van der Waals surface area contributed by atoms with Crippen molar-refractivity contribution in [3.05, 3.63) is 106 Å². The molecule has 7 nitrogen and oxygen atoms in total. The van der Waals surface area contributed by atoms with Crippen LogP contribution in [0.1, 0.15) is 23.8 Å². The number of carbonyl (C=O) groups is 1. The number of benzene rings is 1. The zero-order chi connectivity index (χ0) is 25.3. The van der Waals surface area contributed by atoms with E-state index in [2.05, 4.69) is 5.32 Å². The fourth-order valence-electron chi connectivity index (χ4n) is 4.65. The first-order valence-electron chi connectivity index (χ1n) is 11.5. The van der Waals surface area contributed by atoms with Crippen LogP contribution < -0.4 is 5.32 Å². The molecule has 1 aromatic heterocycles. The van der Waals surface area contributed by atoms with Crippen LogP contribution in [0, 0.1) is 5.82 Å². The van der Waals surface area contributed by atoms with Gasteiger partial charge in [0, 0.05) is 6.08 Å². The number of hydrogen-bond acceptors (Lipinski definition) is 6. The van der Waals surface area contributed by atoms with Crippen molar-refractivity contribution in [1.82, 2.24) is 5.32 Å². The maximum Gasteiger partial charge on any atom is 0.288 e. The van der Waals surface area contributed by atoms with Gasteiger partial charge in [-0.25, -0.2) is 4.39 Å². The van der Waals surface area contributed by atoms with Crippen LogP contribution in [0.5, 0.6) is 0 Å². The molecule has 1 spiro atoms. The molecule has 1 fully saturated rings. The number of rotatable bonds is 6. The number of allylic oxidation sites excluding steroid dienone is 7. The number of ether oxygens (including phenoxy) is 4. The highest BCUT2D eigenvalue weighted by molar-refractivity contribution is 6.08. The first-order chi connectivity index (χ1) is 17.4. The average molecular weight is 492 g/mol. The third-order valence-electron chi connectivity index (χ3n) is 6.35. The normalized spacial score (nSPS) is 19.3. The lowest BCUT2D eigenvalue weighted by Crippen LogP contribution is -2.38. The second-order valence-electron chi connectivity index (χ2n) is 8.47. The van der Waals surface area contributed by atoms with Gasteiger partial charge in [0.25, 0.3) is 5.79 Å². The van der Waals surface area contributed by atoms with Gasteiger partial charge in [0.05, 0.1) is 40.2 Å². The van der Waals surface area contributed by atoms with Gasteiger partial charge in [0.15, 0.2) is 11.5 Å². The number of furan rings is 1. The summed E-state index contributed by atoms with van der Waals surface area (Å²) in [5.74, 6) is -0.302. The van der Waals surface area contributed by atoms with Gasteiger partial charge < -0.3 is 28.7 Å². The summed E-state index contributed by atoms with van der Waals surface area (Å²) in [6.45, 7) is 3.00. The maximum atomic E-state index is 14.2. The molecular formula is C28H26FNO6. The fourth-order valence-corrected chi connectivity index (χ4v) is 4.65. The van der Waals surface area contributed by atoms with Gasteiger partial charge in [-0.1, -0.05) is 6.07 Å². The summed E-state index contributed by atoms with van der Waals surface area (Å²) in [5, 5.41) is 2.81. The van der Waals surface area contributed by atoms with Crippen LogP contribution in [-0.4, -0.2) is 39.1 Å². The Morgan fingerprint density at radius 3 is 2.47 bits per heavy atom. The van der Waals surface area contributed by atoms with Gasteiger partial charge >= 0.3 is 0 Å². The van der Waals surface area contributed by atoms with Crippen molar-refractivity contribution in [2.24, 2.45) is 0 Å². The number of amides is 1. The lowest BCUT2D eigenvalue weighted by atomic mass is 9.96. The molecule has 2 aromatic rings. The molecule has 186 valence electrons. The van der Waals surface area contributed by atoms with Crippen molar-refractivity contribution in [1.29, 1.82) is 0 Å². The topological polar surface area (TPSA) is 79.2 Å². The lowest BCUT2D eigenvalue weighted by Gasteiger charge is -2.32. The van der Waals surface area contributed by atoms with Crippen molar-refractivity contribution >= 4 is 17.1 Å². The van der Waals surface area contributed by atoms with E-state index in [1.165, 1.54) is 18.2 Å². The first kappa shape index (κ1) is 23.8. The highest BCUT2D eigenvalue weighted by atomic mass is 19.1. The predicted octanol–water partition coefficient (Wildman–Crippen LogP) is 4.65. The minimum Gasteiger partial charge on any atom is -0.495 e. The molecular weight excluding hydrogens is 465 g/mol. The van der Waals surface area contributed by atoms with E-state index in [0.29, 0.717) is 41.6 Å². The number of carbonyl (C=O) groups excluding carboxylic acids is 1. The van der Waals surface area contributed by atoms with Crippen molar-refractivity contribution in [2.45, 2.75) is 19.3 Å². The minimum atomic E-state index is -1.20. The zero-order valence-electron chi connectivity index (χ0n) is 20.2. The zero-order valence-corrected chi connectivity index (χ0v) is 20.2. The van der Waals surface area contributed by atoms with Crippen LogP contribution in [0.3, 0.4) is 0 Å². The summed E-state index contributed by atoms with van der Waals surface area (Å²) in [6.07, 6.45) is 8.65. The molecule has 1 aliphatic heterocycles. The highest BCUT2D eigenvalue weighted by Crippen LogP contribution is 2.45.